The number of hydrogen-bond acceptors (Lipinski definition) is 7. The second kappa shape index (κ2) is 8.44. The summed E-state index contributed by atoms with van der Waals surface area (Å²) in [5.74, 6) is -0.434. The first-order valence-electron chi connectivity index (χ1n) is 14.1. The summed E-state index contributed by atoms with van der Waals surface area (Å²) < 4.78 is 8.51. The van der Waals surface area contributed by atoms with Crippen molar-refractivity contribution in [2.75, 3.05) is 13.6 Å². The van der Waals surface area contributed by atoms with Gasteiger partial charge in [0.05, 0.1) is 5.56 Å². The second-order valence-corrected chi connectivity index (χ2v) is 13.0. The largest absolute Gasteiger partial charge is 0.504 e. The molecule has 2 aliphatic heterocycles. The summed E-state index contributed by atoms with van der Waals surface area (Å²) >= 11 is 1.54. The smallest absolute Gasteiger partial charge is 0.336 e. The maximum absolute atomic E-state index is 12.4. The van der Waals surface area contributed by atoms with Gasteiger partial charge in [0.25, 0.3) is 0 Å². The van der Waals surface area contributed by atoms with Crippen LogP contribution in [-0.4, -0.2) is 67.4 Å². The van der Waals surface area contributed by atoms with Gasteiger partial charge in [0.15, 0.2) is 11.5 Å². The number of carbonyl (C=O) groups is 1. The molecule has 2 bridgehead atoms. The molecular formula is C32H31N3O5S. The van der Waals surface area contributed by atoms with Gasteiger partial charge in [-0.3, -0.25) is 0 Å². The summed E-state index contributed by atoms with van der Waals surface area (Å²) in [7, 11) is 2.17. The van der Waals surface area contributed by atoms with Crippen LogP contribution < -0.4 is 4.74 Å². The Morgan fingerprint density at radius 1 is 1.27 bits per heavy atom. The van der Waals surface area contributed by atoms with E-state index < -0.39 is 23.6 Å². The lowest BCUT2D eigenvalue weighted by Crippen LogP contribution is -2.64. The van der Waals surface area contributed by atoms with Crippen LogP contribution in [0, 0.1) is 12.8 Å². The van der Waals surface area contributed by atoms with Crippen LogP contribution in [0.2, 0.25) is 0 Å². The molecule has 4 aliphatic rings. The van der Waals surface area contributed by atoms with E-state index in [2.05, 4.69) is 34.3 Å². The quantitative estimate of drug-likeness (QED) is 0.305. The molecule has 2 aliphatic carbocycles. The van der Waals surface area contributed by atoms with Gasteiger partial charge in [0.1, 0.15) is 17.2 Å². The number of ether oxygens (including phenoxy) is 1. The van der Waals surface area contributed by atoms with Crippen LogP contribution in [-0.2, 0) is 11.8 Å². The van der Waals surface area contributed by atoms with Gasteiger partial charge in [-0.05, 0) is 68.2 Å². The minimum atomic E-state index is -0.967. The molecule has 1 fully saturated rings. The van der Waals surface area contributed by atoms with E-state index in [1.807, 2.05) is 36.7 Å². The number of pyridine rings is 1. The second-order valence-electron chi connectivity index (χ2n) is 12.1. The predicted octanol–water partition coefficient (Wildman–Crippen LogP) is 4.73. The molecule has 1 spiro atoms. The Kier molecular flexibility index (Phi) is 5.16. The number of aromatic nitrogens is 2. The first-order chi connectivity index (χ1) is 19.7. The monoisotopic (exact) mass is 569 g/mol. The molecule has 3 aromatic heterocycles. The fourth-order valence-electron chi connectivity index (χ4n) is 8.50. The Bertz CT molecular complexity index is 1790. The highest BCUT2D eigenvalue weighted by Gasteiger charge is 2.64. The molecule has 0 amide bonds. The number of phenolic OH excluding ortho intramolecular Hbond substituents is 1. The molecule has 0 saturated carbocycles. The van der Waals surface area contributed by atoms with Crippen LogP contribution in [0.25, 0.3) is 16.1 Å². The highest BCUT2D eigenvalue weighted by Crippen LogP contribution is 2.63. The maximum Gasteiger partial charge on any atom is 0.336 e. The van der Waals surface area contributed by atoms with Gasteiger partial charge in [-0.1, -0.05) is 19.1 Å². The SMILES string of the molecule is Cc1c(C(=O)O)cc2cc(-c3nccs3)cn2c1C(C)c1cc(O)c2c3c1C[C@@H]1[C@@H]4C=C[C@H](O)[C@H](O2)[C@]34CCN1C. The Labute approximate surface area is 241 Å². The molecule has 9 heteroatoms. The summed E-state index contributed by atoms with van der Waals surface area (Å²) in [5.41, 5.74) is 6.33. The Balaban J connectivity index is 1.38. The number of fused-ring (bicyclic) bond motifs is 1. The van der Waals surface area contributed by atoms with Crippen molar-refractivity contribution in [3.05, 3.63) is 81.6 Å². The molecule has 0 radical (unpaired) electrons. The van der Waals surface area contributed by atoms with Crippen molar-refractivity contribution in [2.24, 2.45) is 5.92 Å². The number of thiazole rings is 1. The summed E-state index contributed by atoms with van der Waals surface area (Å²) in [6.07, 6.45) is 8.28. The van der Waals surface area contributed by atoms with Gasteiger partial charge < -0.3 is 29.4 Å². The van der Waals surface area contributed by atoms with Crippen molar-refractivity contribution >= 4 is 22.8 Å². The molecule has 3 N–H and O–H groups in total. The van der Waals surface area contributed by atoms with Crippen LogP contribution in [0.1, 0.15) is 57.6 Å². The van der Waals surface area contributed by atoms with Gasteiger partial charge in [0, 0.05) is 63.4 Å². The number of rotatable bonds is 4. The zero-order chi connectivity index (χ0) is 28.4. The van der Waals surface area contributed by atoms with Crippen LogP contribution in [0.5, 0.6) is 11.5 Å². The zero-order valence-corrected chi connectivity index (χ0v) is 23.9. The first-order valence-corrected chi connectivity index (χ1v) is 15.0. The number of aromatic carboxylic acids is 1. The van der Waals surface area contributed by atoms with E-state index in [1.165, 1.54) is 0 Å². The van der Waals surface area contributed by atoms with E-state index >= 15 is 0 Å². The standard InChI is InChI=1S/C32H31N3O5S/c1-15(27-16(2)20(31(38)39)11-18-10-17(14-35(18)27)30-33-7-9-41-30)19-13-25(37)28-26-21(19)12-23-22-4-5-24(36)29(40-28)32(22,26)6-8-34(23)3/h4-5,7,9-11,13-15,22-24,29,36-37H,6,8,12H2,1-3H3,(H,38,39)/t15?,22-,23+,24-,29-,32-/m0/s1. The van der Waals surface area contributed by atoms with Crippen LogP contribution in [0.15, 0.2) is 48.1 Å². The van der Waals surface area contributed by atoms with E-state index in [0.717, 1.165) is 57.9 Å². The Morgan fingerprint density at radius 3 is 2.85 bits per heavy atom. The Hall–Kier alpha value is -3.66. The van der Waals surface area contributed by atoms with Crippen molar-refractivity contribution in [3.63, 3.8) is 0 Å². The van der Waals surface area contributed by atoms with E-state index in [4.69, 9.17) is 4.74 Å². The van der Waals surface area contributed by atoms with Crippen molar-refractivity contribution in [1.82, 2.24) is 14.3 Å². The van der Waals surface area contributed by atoms with Crippen LogP contribution in [0.3, 0.4) is 0 Å². The van der Waals surface area contributed by atoms with Crippen molar-refractivity contribution in [1.29, 1.82) is 0 Å². The number of likely N-dealkylation sites (N-methyl/N-ethyl adjacent to an activating group) is 1. The highest BCUT2D eigenvalue weighted by atomic mass is 32.1. The number of hydrogen-bond donors (Lipinski definition) is 3. The molecule has 8 nitrogen and oxygen atoms in total. The average Bonchev–Trinajstić information content (AvgIpc) is 3.69. The minimum absolute atomic E-state index is 0.0805. The summed E-state index contributed by atoms with van der Waals surface area (Å²) in [5, 5.41) is 35.4. The van der Waals surface area contributed by atoms with Crippen molar-refractivity contribution in [3.8, 4) is 22.1 Å². The van der Waals surface area contributed by atoms with Gasteiger partial charge in [-0.15, -0.1) is 11.3 Å². The lowest BCUT2D eigenvalue weighted by Gasteiger charge is -2.56. The van der Waals surface area contributed by atoms with Gasteiger partial charge in [-0.25, -0.2) is 9.78 Å². The van der Waals surface area contributed by atoms with Crippen molar-refractivity contribution in [2.45, 2.75) is 56.3 Å². The fourth-order valence-corrected chi connectivity index (χ4v) is 9.12. The number of likely N-dealkylation sites (tertiary alicyclic amines) is 1. The van der Waals surface area contributed by atoms with E-state index in [1.54, 1.807) is 23.6 Å². The molecule has 210 valence electrons. The number of nitrogens with zero attached hydrogens (tertiary/aromatic N) is 3. The molecule has 1 unspecified atom stereocenters. The number of carboxylic acid groups (broad SMARTS) is 1. The van der Waals surface area contributed by atoms with Gasteiger partial charge >= 0.3 is 5.97 Å². The number of aromatic hydroxyl groups is 1. The molecular weight excluding hydrogens is 538 g/mol. The fraction of sp³-hybridized carbons (Fsp3) is 0.375. The van der Waals surface area contributed by atoms with Gasteiger partial charge in [-0.2, -0.15) is 0 Å². The number of phenols is 1. The highest BCUT2D eigenvalue weighted by molar-refractivity contribution is 7.13. The number of aliphatic hydroxyl groups is 1. The minimum Gasteiger partial charge on any atom is -0.504 e. The third-order valence-electron chi connectivity index (χ3n) is 10.3. The normalized spacial score (nSPS) is 28.5. The van der Waals surface area contributed by atoms with Crippen LogP contribution >= 0.6 is 11.3 Å². The average molecular weight is 570 g/mol. The summed E-state index contributed by atoms with van der Waals surface area (Å²) in [4.78, 5) is 19.3. The molecule has 1 aromatic carbocycles. The van der Waals surface area contributed by atoms with E-state index in [-0.39, 0.29) is 29.2 Å². The third-order valence-corrected chi connectivity index (χ3v) is 11.1. The molecule has 4 aromatic rings. The maximum atomic E-state index is 12.4. The number of carboxylic acids is 1. The zero-order valence-electron chi connectivity index (χ0n) is 23.0. The summed E-state index contributed by atoms with van der Waals surface area (Å²) in [6, 6.07) is 5.77. The van der Waals surface area contributed by atoms with Gasteiger partial charge in [0.2, 0.25) is 0 Å². The number of piperidine rings is 1. The first kappa shape index (κ1) is 25.1. The van der Waals surface area contributed by atoms with Crippen molar-refractivity contribution < 1.29 is 24.9 Å². The molecule has 1 saturated heterocycles. The lowest BCUT2D eigenvalue weighted by molar-refractivity contribution is -0.0454. The number of aliphatic hydroxyl groups excluding tert-OH is 1. The molecule has 41 heavy (non-hydrogen) atoms. The number of benzene rings is 1. The predicted molar refractivity (Wildman–Crippen MR) is 155 cm³/mol. The molecule has 6 atom stereocenters. The van der Waals surface area contributed by atoms with Crippen LogP contribution in [0.4, 0.5) is 0 Å². The third kappa shape index (κ3) is 3.17. The van der Waals surface area contributed by atoms with E-state index in [0.29, 0.717) is 11.3 Å². The molecule has 5 heterocycles. The molecule has 8 rings (SSSR count). The summed E-state index contributed by atoms with van der Waals surface area (Å²) in [6.45, 7) is 4.86. The van der Waals surface area contributed by atoms with E-state index in [9.17, 15) is 20.1 Å². The lowest BCUT2D eigenvalue weighted by atomic mass is 9.52. The topological polar surface area (TPSA) is 108 Å². The Morgan fingerprint density at radius 2 is 2.10 bits per heavy atom.